The van der Waals surface area contributed by atoms with Crippen LogP contribution in [0.3, 0.4) is 0 Å². The van der Waals surface area contributed by atoms with E-state index < -0.39 is 0 Å². The molecule has 0 N–H and O–H groups in total. The molecular weight excluding hydrogens is 206 g/mol. The number of aromatic nitrogens is 2. The van der Waals surface area contributed by atoms with Crippen molar-refractivity contribution in [1.29, 1.82) is 0 Å². The average Bonchev–Trinajstić information content (AvgIpc) is 2.74. The highest BCUT2D eigenvalue weighted by Crippen LogP contribution is 2.11. The fourth-order valence-electron chi connectivity index (χ4n) is 1.87. The molecule has 2 rings (SSSR count). The summed E-state index contributed by atoms with van der Waals surface area (Å²) >= 11 is 0. The maximum absolute atomic E-state index is 12.0. The highest BCUT2D eigenvalue weighted by Gasteiger charge is 2.27. The molecule has 0 aromatic carbocycles. The monoisotopic (exact) mass is 223 g/mol. The molecule has 1 aliphatic heterocycles. The summed E-state index contributed by atoms with van der Waals surface area (Å²) in [5.41, 5.74) is 0. The highest BCUT2D eigenvalue weighted by molar-refractivity contribution is 5.76. The van der Waals surface area contributed by atoms with Gasteiger partial charge in [-0.15, -0.1) is 0 Å². The molecule has 0 aliphatic carbocycles. The first-order valence-corrected chi connectivity index (χ1v) is 5.55. The Balaban J connectivity index is 1.97. The average molecular weight is 223 g/mol. The zero-order chi connectivity index (χ0) is 11.5. The summed E-state index contributed by atoms with van der Waals surface area (Å²) in [6.45, 7) is 5.59. The summed E-state index contributed by atoms with van der Waals surface area (Å²) in [7, 11) is 0. The molecular formula is C11H17N3O2. The fraction of sp³-hybridized carbons (Fsp3) is 0.636. The smallest absolute Gasteiger partial charge is 0.244 e. The number of carbonyl (C=O) groups is 1. The second kappa shape index (κ2) is 4.65. The standard InChI is InChI=1S/C11H17N3O2/c1-9-8-16-10(2)6-14(9)11(15)7-13-5-3-4-12-13/h3-5,9-10H,6-8H2,1-2H3/t9-,10+/m1/s1. The van der Waals surface area contributed by atoms with Crippen molar-refractivity contribution < 1.29 is 9.53 Å². The largest absolute Gasteiger partial charge is 0.375 e. The Bertz CT molecular complexity index is 350. The quantitative estimate of drug-likeness (QED) is 0.734. The molecule has 1 fully saturated rings. The van der Waals surface area contributed by atoms with E-state index in [2.05, 4.69) is 5.10 Å². The van der Waals surface area contributed by atoms with Crippen LogP contribution < -0.4 is 0 Å². The van der Waals surface area contributed by atoms with Crippen molar-refractivity contribution in [3.05, 3.63) is 18.5 Å². The zero-order valence-electron chi connectivity index (χ0n) is 9.67. The Kier molecular flexibility index (Phi) is 3.24. The van der Waals surface area contributed by atoms with Gasteiger partial charge in [-0.3, -0.25) is 9.48 Å². The lowest BCUT2D eigenvalue weighted by molar-refractivity contribution is -0.144. The van der Waals surface area contributed by atoms with Gasteiger partial charge in [-0.25, -0.2) is 0 Å². The molecule has 2 heterocycles. The summed E-state index contributed by atoms with van der Waals surface area (Å²) in [6.07, 6.45) is 3.60. The van der Waals surface area contributed by atoms with Crippen LogP contribution in [0.4, 0.5) is 0 Å². The van der Waals surface area contributed by atoms with Gasteiger partial charge in [0.2, 0.25) is 5.91 Å². The van der Waals surface area contributed by atoms with Gasteiger partial charge in [0.05, 0.1) is 18.8 Å². The van der Waals surface area contributed by atoms with E-state index in [0.717, 1.165) is 0 Å². The Morgan fingerprint density at radius 2 is 2.38 bits per heavy atom. The van der Waals surface area contributed by atoms with Gasteiger partial charge in [0.1, 0.15) is 6.54 Å². The molecule has 0 unspecified atom stereocenters. The lowest BCUT2D eigenvalue weighted by Gasteiger charge is -2.36. The Morgan fingerprint density at radius 3 is 3.06 bits per heavy atom. The first-order chi connectivity index (χ1) is 7.66. The molecule has 0 spiro atoms. The molecule has 0 bridgehead atoms. The summed E-state index contributed by atoms with van der Waals surface area (Å²) < 4.78 is 7.14. The van der Waals surface area contributed by atoms with E-state index in [4.69, 9.17) is 4.74 Å². The Morgan fingerprint density at radius 1 is 1.56 bits per heavy atom. The molecule has 0 saturated carbocycles. The normalized spacial score (nSPS) is 25.8. The van der Waals surface area contributed by atoms with E-state index in [0.29, 0.717) is 19.7 Å². The second-order valence-corrected chi connectivity index (χ2v) is 4.24. The molecule has 1 amide bonds. The van der Waals surface area contributed by atoms with E-state index in [1.54, 1.807) is 17.1 Å². The Hall–Kier alpha value is -1.36. The maximum Gasteiger partial charge on any atom is 0.244 e. The summed E-state index contributed by atoms with van der Waals surface area (Å²) in [4.78, 5) is 13.9. The van der Waals surface area contributed by atoms with Crippen molar-refractivity contribution in [3.63, 3.8) is 0 Å². The molecule has 5 nitrogen and oxygen atoms in total. The van der Waals surface area contributed by atoms with Crippen LogP contribution in [0.15, 0.2) is 18.5 Å². The number of nitrogens with zero attached hydrogens (tertiary/aromatic N) is 3. The third-order valence-electron chi connectivity index (χ3n) is 2.78. The Labute approximate surface area is 95.0 Å². The number of carbonyl (C=O) groups excluding carboxylic acids is 1. The summed E-state index contributed by atoms with van der Waals surface area (Å²) in [5.74, 6) is 0.103. The van der Waals surface area contributed by atoms with E-state index in [-0.39, 0.29) is 18.1 Å². The van der Waals surface area contributed by atoms with Crippen LogP contribution >= 0.6 is 0 Å². The first-order valence-electron chi connectivity index (χ1n) is 5.55. The molecule has 88 valence electrons. The summed E-state index contributed by atoms with van der Waals surface area (Å²) in [6, 6.07) is 1.97. The van der Waals surface area contributed by atoms with Crippen LogP contribution in [-0.4, -0.2) is 45.9 Å². The third-order valence-corrected chi connectivity index (χ3v) is 2.78. The lowest BCUT2D eigenvalue weighted by atomic mass is 10.2. The number of ether oxygens (including phenoxy) is 1. The van der Waals surface area contributed by atoms with E-state index in [1.165, 1.54) is 0 Å². The van der Waals surface area contributed by atoms with Gasteiger partial charge >= 0.3 is 0 Å². The lowest BCUT2D eigenvalue weighted by Crippen LogP contribution is -2.51. The maximum atomic E-state index is 12.0. The molecule has 1 aromatic heterocycles. The van der Waals surface area contributed by atoms with Gasteiger partial charge < -0.3 is 9.64 Å². The van der Waals surface area contributed by atoms with Gasteiger partial charge in [0.25, 0.3) is 0 Å². The first kappa shape index (κ1) is 11.1. The fourth-order valence-corrected chi connectivity index (χ4v) is 1.87. The van der Waals surface area contributed by atoms with E-state index in [9.17, 15) is 4.79 Å². The minimum absolute atomic E-state index is 0.103. The molecule has 0 radical (unpaired) electrons. The predicted molar refractivity (Wildman–Crippen MR) is 58.8 cm³/mol. The molecule has 5 heteroatoms. The van der Waals surface area contributed by atoms with Gasteiger partial charge in [-0.2, -0.15) is 5.10 Å². The van der Waals surface area contributed by atoms with E-state index in [1.807, 2.05) is 24.8 Å². The minimum atomic E-state index is 0.103. The number of rotatable bonds is 2. The van der Waals surface area contributed by atoms with Crippen LogP contribution in [0.2, 0.25) is 0 Å². The van der Waals surface area contributed by atoms with Crippen LogP contribution in [0.5, 0.6) is 0 Å². The number of morpholine rings is 1. The second-order valence-electron chi connectivity index (χ2n) is 4.24. The van der Waals surface area contributed by atoms with Gasteiger partial charge in [0.15, 0.2) is 0 Å². The summed E-state index contributed by atoms with van der Waals surface area (Å²) in [5, 5.41) is 4.03. The van der Waals surface area contributed by atoms with Gasteiger partial charge in [-0.1, -0.05) is 0 Å². The van der Waals surface area contributed by atoms with Crippen molar-refractivity contribution in [1.82, 2.24) is 14.7 Å². The van der Waals surface area contributed by atoms with Crippen molar-refractivity contribution in [3.8, 4) is 0 Å². The highest BCUT2D eigenvalue weighted by atomic mass is 16.5. The van der Waals surface area contributed by atoms with Gasteiger partial charge in [-0.05, 0) is 19.9 Å². The molecule has 2 atom stereocenters. The molecule has 16 heavy (non-hydrogen) atoms. The number of hydrogen-bond donors (Lipinski definition) is 0. The van der Waals surface area contributed by atoms with Crippen LogP contribution in [0, 0.1) is 0 Å². The molecule has 1 saturated heterocycles. The van der Waals surface area contributed by atoms with Crippen LogP contribution in [0.25, 0.3) is 0 Å². The van der Waals surface area contributed by atoms with Crippen molar-refractivity contribution in [2.24, 2.45) is 0 Å². The minimum Gasteiger partial charge on any atom is -0.375 e. The van der Waals surface area contributed by atoms with Crippen molar-refractivity contribution in [2.45, 2.75) is 32.5 Å². The SMILES string of the molecule is C[C@@H]1CO[C@@H](C)CN1C(=O)Cn1cccn1. The number of amides is 1. The third kappa shape index (κ3) is 2.41. The predicted octanol–water partition coefficient (Wildman–Crippen LogP) is 0.519. The van der Waals surface area contributed by atoms with Crippen LogP contribution in [-0.2, 0) is 16.1 Å². The van der Waals surface area contributed by atoms with Crippen LogP contribution in [0.1, 0.15) is 13.8 Å². The zero-order valence-corrected chi connectivity index (χ0v) is 9.67. The molecule has 1 aliphatic rings. The molecule has 1 aromatic rings. The topological polar surface area (TPSA) is 47.4 Å². The van der Waals surface area contributed by atoms with Crippen molar-refractivity contribution >= 4 is 5.91 Å². The van der Waals surface area contributed by atoms with E-state index >= 15 is 0 Å². The number of hydrogen-bond acceptors (Lipinski definition) is 3. The van der Waals surface area contributed by atoms with Gasteiger partial charge in [0, 0.05) is 18.9 Å². The van der Waals surface area contributed by atoms with Crippen molar-refractivity contribution in [2.75, 3.05) is 13.2 Å².